The van der Waals surface area contributed by atoms with Crippen LogP contribution in [-0.2, 0) is 16.1 Å². The summed E-state index contributed by atoms with van der Waals surface area (Å²) in [6.45, 7) is 3.53. The summed E-state index contributed by atoms with van der Waals surface area (Å²) in [6, 6.07) is 9.64. The van der Waals surface area contributed by atoms with Gasteiger partial charge in [0.15, 0.2) is 0 Å². The minimum absolute atomic E-state index is 0.197. The predicted molar refractivity (Wildman–Crippen MR) is 76.5 cm³/mol. The van der Waals surface area contributed by atoms with Gasteiger partial charge in [-0.05, 0) is 19.0 Å². The van der Waals surface area contributed by atoms with Gasteiger partial charge in [-0.15, -0.1) is 0 Å². The van der Waals surface area contributed by atoms with E-state index in [2.05, 4.69) is 17.3 Å². The number of nitrogens with zero attached hydrogens (tertiary/aromatic N) is 1. The molecule has 1 N–H and O–H groups in total. The third-order valence-corrected chi connectivity index (χ3v) is 3.29. The van der Waals surface area contributed by atoms with Gasteiger partial charge >= 0.3 is 6.09 Å². The Kier molecular flexibility index (Phi) is 5.83. The molecule has 1 fully saturated rings. The molecule has 110 valence electrons. The molecular weight excluding hydrogens is 256 g/mol. The lowest BCUT2D eigenvalue weighted by Gasteiger charge is -2.29. The zero-order valence-corrected chi connectivity index (χ0v) is 11.9. The molecule has 1 aromatic rings. The molecule has 0 spiro atoms. The number of morpholine rings is 1. The lowest BCUT2D eigenvalue weighted by molar-refractivity contribution is -0.0227. The van der Waals surface area contributed by atoms with Crippen molar-refractivity contribution >= 4 is 6.09 Å². The lowest BCUT2D eigenvalue weighted by atomic mass is 10.2. The number of carbonyl (C=O) groups is 1. The summed E-state index contributed by atoms with van der Waals surface area (Å²) in [4.78, 5) is 13.8. The summed E-state index contributed by atoms with van der Waals surface area (Å²) < 4.78 is 10.8. The number of hydrogen-bond acceptors (Lipinski definition) is 4. The Labute approximate surface area is 119 Å². The third-order valence-electron chi connectivity index (χ3n) is 3.29. The lowest BCUT2D eigenvalue weighted by Crippen LogP contribution is -2.41. The van der Waals surface area contributed by atoms with Gasteiger partial charge in [0.2, 0.25) is 0 Å². The topological polar surface area (TPSA) is 50.8 Å². The van der Waals surface area contributed by atoms with Crippen LogP contribution in [0.1, 0.15) is 12.0 Å². The van der Waals surface area contributed by atoms with E-state index in [1.807, 2.05) is 30.3 Å². The van der Waals surface area contributed by atoms with Crippen molar-refractivity contribution in [2.24, 2.45) is 0 Å². The molecule has 1 saturated heterocycles. The van der Waals surface area contributed by atoms with Gasteiger partial charge in [0, 0.05) is 19.6 Å². The standard InChI is InChI=1S/C15H22N2O3/c1-17-9-10-19-14(11-17)7-8-16-15(18)20-12-13-5-3-2-4-6-13/h2-6,14H,7-12H2,1H3,(H,16,18). The third kappa shape index (κ3) is 5.19. The van der Waals surface area contributed by atoms with Crippen molar-refractivity contribution in [1.82, 2.24) is 10.2 Å². The van der Waals surface area contributed by atoms with Crippen LogP contribution in [0.2, 0.25) is 0 Å². The van der Waals surface area contributed by atoms with Gasteiger partial charge in [0.05, 0.1) is 12.7 Å². The van der Waals surface area contributed by atoms with Crippen LogP contribution in [-0.4, -0.2) is 50.4 Å². The highest BCUT2D eigenvalue weighted by atomic mass is 16.5. The Morgan fingerprint density at radius 1 is 1.45 bits per heavy atom. The van der Waals surface area contributed by atoms with Gasteiger partial charge in [-0.2, -0.15) is 0 Å². The van der Waals surface area contributed by atoms with Crippen LogP contribution in [0.25, 0.3) is 0 Å². The Hall–Kier alpha value is -1.59. The molecule has 0 aliphatic carbocycles. The molecule has 1 heterocycles. The zero-order chi connectivity index (χ0) is 14.2. The molecule has 5 heteroatoms. The van der Waals surface area contributed by atoms with Crippen LogP contribution < -0.4 is 5.32 Å². The van der Waals surface area contributed by atoms with E-state index >= 15 is 0 Å². The quantitative estimate of drug-likeness (QED) is 0.889. The molecular formula is C15H22N2O3. The first kappa shape index (κ1) is 14.8. The molecule has 0 saturated carbocycles. The Balaban J connectivity index is 1.58. The number of carbonyl (C=O) groups excluding carboxylic acids is 1. The molecule has 2 rings (SSSR count). The maximum Gasteiger partial charge on any atom is 0.407 e. The van der Waals surface area contributed by atoms with E-state index in [0.717, 1.165) is 31.7 Å². The molecule has 1 aliphatic rings. The minimum atomic E-state index is -0.377. The summed E-state index contributed by atoms with van der Waals surface area (Å²) in [6.07, 6.45) is 0.631. The minimum Gasteiger partial charge on any atom is -0.445 e. The highest BCUT2D eigenvalue weighted by Crippen LogP contribution is 2.06. The molecule has 0 bridgehead atoms. The Morgan fingerprint density at radius 2 is 2.25 bits per heavy atom. The van der Waals surface area contributed by atoms with Crippen molar-refractivity contribution < 1.29 is 14.3 Å². The summed E-state index contributed by atoms with van der Waals surface area (Å²) in [7, 11) is 2.08. The molecule has 1 aromatic carbocycles. The van der Waals surface area contributed by atoms with Gasteiger partial charge in [0.25, 0.3) is 0 Å². The number of ether oxygens (including phenoxy) is 2. The first-order valence-electron chi connectivity index (χ1n) is 6.99. The first-order chi connectivity index (χ1) is 9.74. The van der Waals surface area contributed by atoms with Gasteiger partial charge in [-0.1, -0.05) is 30.3 Å². The average Bonchev–Trinajstić information content (AvgIpc) is 2.46. The number of rotatable bonds is 5. The first-order valence-corrected chi connectivity index (χ1v) is 6.99. The molecule has 20 heavy (non-hydrogen) atoms. The number of nitrogens with one attached hydrogen (secondary N) is 1. The monoisotopic (exact) mass is 278 g/mol. The molecule has 0 aromatic heterocycles. The SMILES string of the molecule is CN1CCOC(CCNC(=O)OCc2ccccc2)C1. The molecule has 1 aliphatic heterocycles. The van der Waals surface area contributed by atoms with E-state index in [4.69, 9.17) is 9.47 Å². The van der Waals surface area contributed by atoms with E-state index < -0.39 is 0 Å². The zero-order valence-electron chi connectivity index (χ0n) is 11.9. The van der Waals surface area contributed by atoms with Crippen molar-refractivity contribution in [3.8, 4) is 0 Å². The molecule has 5 nitrogen and oxygen atoms in total. The largest absolute Gasteiger partial charge is 0.445 e. The summed E-state index contributed by atoms with van der Waals surface area (Å²) in [5, 5.41) is 2.76. The van der Waals surface area contributed by atoms with Crippen LogP contribution in [0.15, 0.2) is 30.3 Å². The fourth-order valence-electron chi connectivity index (χ4n) is 2.15. The second-order valence-corrected chi connectivity index (χ2v) is 5.03. The normalized spacial score (nSPS) is 19.6. The van der Waals surface area contributed by atoms with E-state index in [9.17, 15) is 4.79 Å². The number of alkyl carbamates (subject to hydrolysis) is 1. The Bertz CT molecular complexity index is 411. The number of hydrogen-bond donors (Lipinski definition) is 1. The van der Waals surface area contributed by atoms with E-state index in [1.165, 1.54) is 0 Å². The second-order valence-electron chi connectivity index (χ2n) is 5.03. The molecule has 0 radical (unpaired) electrons. The number of benzene rings is 1. The van der Waals surface area contributed by atoms with Crippen molar-refractivity contribution in [3.63, 3.8) is 0 Å². The van der Waals surface area contributed by atoms with E-state index in [0.29, 0.717) is 13.2 Å². The number of amides is 1. The van der Waals surface area contributed by atoms with Gasteiger partial charge < -0.3 is 19.7 Å². The van der Waals surface area contributed by atoms with Crippen LogP contribution in [0, 0.1) is 0 Å². The fourth-order valence-corrected chi connectivity index (χ4v) is 2.15. The van der Waals surface area contributed by atoms with Crippen LogP contribution in [0.5, 0.6) is 0 Å². The van der Waals surface area contributed by atoms with E-state index in [-0.39, 0.29) is 12.2 Å². The van der Waals surface area contributed by atoms with E-state index in [1.54, 1.807) is 0 Å². The summed E-state index contributed by atoms with van der Waals surface area (Å²) in [5.74, 6) is 0. The average molecular weight is 278 g/mol. The maximum absolute atomic E-state index is 11.5. The summed E-state index contributed by atoms with van der Waals surface area (Å²) >= 11 is 0. The van der Waals surface area contributed by atoms with Crippen LogP contribution >= 0.6 is 0 Å². The Morgan fingerprint density at radius 3 is 3.00 bits per heavy atom. The van der Waals surface area contributed by atoms with Crippen molar-refractivity contribution in [2.45, 2.75) is 19.1 Å². The molecule has 1 unspecified atom stereocenters. The number of likely N-dealkylation sites (N-methyl/N-ethyl adjacent to an activating group) is 1. The van der Waals surface area contributed by atoms with Crippen LogP contribution in [0.4, 0.5) is 4.79 Å². The summed E-state index contributed by atoms with van der Waals surface area (Å²) in [5.41, 5.74) is 0.986. The smallest absolute Gasteiger partial charge is 0.407 e. The van der Waals surface area contributed by atoms with Gasteiger partial charge in [0.1, 0.15) is 6.61 Å². The fraction of sp³-hybridized carbons (Fsp3) is 0.533. The van der Waals surface area contributed by atoms with Crippen molar-refractivity contribution in [1.29, 1.82) is 0 Å². The second kappa shape index (κ2) is 7.87. The maximum atomic E-state index is 11.5. The van der Waals surface area contributed by atoms with Crippen molar-refractivity contribution in [3.05, 3.63) is 35.9 Å². The highest BCUT2D eigenvalue weighted by molar-refractivity contribution is 5.67. The molecule has 1 atom stereocenters. The predicted octanol–water partition coefficient (Wildman–Crippen LogP) is 1.63. The van der Waals surface area contributed by atoms with Gasteiger partial charge in [-0.25, -0.2) is 4.79 Å². The van der Waals surface area contributed by atoms with Crippen LogP contribution in [0.3, 0.4) is 0 Å². The molecule has 1 amide bonds. The highest BCUT2D eigenvalue weighted by Gasteiger charge is 2.17. The van der Waals surface area contributed by atoms with Crippen molar-refractivity contribution in [2.75, 3.05) is 33.3 Å². The van der Waals surface area contributed by atoms with Gasteiger partial charge in [-0.3, -0.25) is 0 Å².